The molecule has 0 unspecified atom stereocenters. The van der Waals surface area contributed by atoms with Gasteiger partial charge in [-0.15, -0.1) is 0 Å². The van der Waals surface area contributed by atoms with Crippen LogP contribution < -0.4 is 10.6 Å². The summed E-state index contributed by atoms with van der Waals surface area (Å²) in [5.74, 6) is 1.30. The fraction of sp³-hybridized carbons (Fsp3) is 0.167. The molecule has 0 fully saturated rings. The number of aromatic nitrogens is 6. The number of hydrogen-bond acceptors (Lipinski definition) is 7. The van der Waals surface area contributed by atoms with Gasteiger partial charge in [-0.1, -0.05) is 0 Å². The van der Waals surface area contributed by atoms with E-state index in [0.29, 0.717) is 17.3 Å². The van der Waals surface area contributed by atoms with Crippen LogP contribution in [0, 0.1) is 6.92 Å². The third kappa shape index (κ3) is 2.81. The molecule has 8 heteroatoms. The SMILES string of the molecule is CNc1nc(Nc2ccnc(C)c2)cnc1-c1cncc2c1ncn2C. The number of aryl methyl sites for hydroxylation is 2. The molecule has 2 N–H and O–H groups in total. The molecule has 0 aliphatic carbocycles. The quantitative estimate of drug-likeness (QED) is 0.587. The molecule has 8 nitrogen and oxygen atoms in total. The molecule has 0 aromatic carbocycles. The lowest BCUT2D eigenvalue weighted by Crippen LogP contribution is -2.03. The Morgan fingerprint density at radius 2 is 1.96 bits per heavy atom. The normalized spacial score (nSPS) is 10.9. The van der Waals surface area contributed by atoms with Crippen LogP contribution in [0.1, 0.15) is 5.69 Å². The van der Waals surface area contributed by atoms with Crippen LogP contribution >= 0.6 is 0 Å². The zero-order chi connectivity index (χ0) is 18.1. The Bertz CT molecular complexity index is 1090. The Morgan fingerprint density at radius 1 is 1.08 bits per heavy atom. The number of rotatable bonds is 4. The van der Waals surface area contributed by atoms with Crippen LogP contribution in [0.5, 0.6) is 0 Å². The Hall–Kier alpha value is -3.55. The zero-order valence-corrected chi connectivity index (χ0v) is 14.7. The van der Waals surface area contributed by atoms with Crippen LogP contribution in [0.15, 0.2) is 43.2 Å². The van der Waals surface area contributed by atoms with Crippen molar-refractivity contribution in [3.05, 3.63) is 48.9 Å². The number of fused-ring (bicyclic) bond motifs is 1. The highest BCUT2D eigenvalue weighted by Crippen LogP contribution is 2.30. The summed E-state index contributed by atoms with van der Waals surface area (Å²) in [4.78, 5) is 22.2. The second-order valence-corrected chi connectivity index (χ2v) is 5.92. The number of anilines is 3. The van der Waals surface area contributed by atoms with E-state index in [1.54, 1.807) is 31.1 Å². The van der Waals surface area contributed by atoms with E-state index in [4.69, 9.17) is 0 Å². The third-order valence-corrected chi connectivity index (χ3v) is 4.07. The van der Waals surface area contributed by atoms with Crippen molar-refractivity contribution in [3.63, 3.8) is 0 Å². The lowest BCUT2D eigenvalue weighted by Gasteiger charge is -2.11. The number of imidazole rings is 1. The van der Waals surface area contributed by atoms with Gasteiger partial charge in [0, 0.05) is 37.9 Å². The van der Waals surface area contributed by atoms with Gasteiger partial charge in [-0.2, -0.15) is 0 Å². The average molecular weight is 346 g/mol. The molecule has 4 aromatic rings. The largest absolute Gasteiger partial charge is 0.371 e. The summed E-state index contributed by atoms with van der Waals surface area (Å²) in [7, 11) is 3.76. The van der Waals surface area contributed by atoms with E-state index in [1.165, 1.54) is 0 Å². The third-order valence-electron chi connectivity index (χ3n) is 4.07. The maximum absolute atomic E-state index is 4.64. The van der Waals surface area contributed by atoms with Crippen molar-refractivity contribution < 1.29 is 0 Å². The summed E-state index contributed by atoms with van der Waals surface area (Å²) in [5, 5.41) is 6.37. The van der Waals surface area contributed by atoms with Gasteiger partial charge < -0.3 is 15.2 Å². The van der Waals surface area contributed by atoms with Crippen molar-refractivity contribution in [2.45, 2.75) is 6.92 Å². The summed E-state index contributed by atoms with van der Waals surface area (Å²) in [6.07, 6.45) is 8.78. The number of pyridine rings is 2. The van der Waals surface area contributed by atoms with Gasteiger partial charge in [-0.25, -0.2) is 15.0 Å². The highest BCUT2D eigenvalue weighted by atomic mass is 15.1. The van der Waals surface area contributed by atoms with Crippen LogP contribution in [0.25, 0.3) is 22.3 Å². The first kappa shape index (κ1) is 15.9. The van der Waals surface area contributed by atoms with Crippen molar-refractivity contribution in [1.82, 2.24) is 29.5 Å². The van der Waals surface area contributed by atoms with E-state index in [2.05, 4.69) is 35.6 Å². The van der Waals surface area contributed by atoms with Gasteiger partial charge in [0.05, 0.1) is 29.8 Å². The first-order chi connectivity index (χ1) is 12.7. The van der Waals surface area contributed by atoms with Crippen LogP contribution in [-0.2, 0) is 7.05 Å². The molecule has 0 radical (unpaired) electrons. The predicted octanol–water partition coefficient (Wildman–Crippen LogP) is 2.91. The summed E-state index contributed by atoms with van der Waals surface area (Å²) in [5.41, 5.74) is 5.18. The maximum Gasteiger partial charge on any atom is 0.154 e. The topological polar surface area (TPSA) is 93.4 Å². The molecule has 0 amide bonds. The minimum atomic E-state index is 0.643. The molecule has 4 rings (SSSR count). The average Bonchev–Trinajstić information content (AvgIpc) is 3.03. The molecule has 26 heavy (non-hydrogen) atoms. The molecular formula is C18H18N8. The minimum absolute atomic E-state index is 0.643. The molecule has 0 aliphatic rings. The van der Waals surface area contributed by atoms with Gasteiger partial charge in [0.1, 0.15) is 11.2 Å². The van der Waals surface area contributed by atoms with Crippen molar-refractivity contribution >= 4 is 28.4 Å². The second-order valence-electron chi connectivity index (χ2n) is 5.92. The number of nitrogens with one attached hydrogen (secondary N) is 2. The van der Waals surface area contributed by atoms with Crippen LogP contribution in [-0.4, -0.2) is 36.5 Å². The maximum atomic E-state index is 4.64. The van der Waals surface area contributed by atoms with Crippen molar-refractivity contribution in [1.29, 1.82) is 0 Å². The van der Waals surface area contributed by atoms with Crippen molar-refractivity contribution in [2.24, 2.45) is 7.05 Å². The van der Waals surface area contributed by atoms with E-state index in [9.17, 15) is 0 Å². The second kappa shape index (κ2) is 6.40. The summed E-state index contributed by atoms with van der Waals surface area (Å²) in [6, 6.07) is 3.84. The Morgan fingerprint density at radius 3 is 2.77 bits per heavy atom. The first-order valence-electron chi connectivity index (χ1n) is 8.15. The van der Waals surface area contributed by atoms with Gasteiger partial charge >= 0.3 is 0 Å². The van der Waals surface area contributed by atoms with Gasteiger partial charge in [0.15, 0.2) is 11.6 Å². The van der Waals surface area contributed by atoms with Crippen molar-refractivity contribution in [3.8, 4) is 11.3 Å². The van der Waals surface area contributed by atoms with E-state index in [1.807, 2.05) is 37.7 Å². The summed E-state index contributed by atoms with van der Waals surface area (Å²) >= 11 is 0. The fourth-order valence-electron chi connectivity index (χ4n) is 2.81. The van der Waals surface area contributed by atoms with Gasteiger partial charge in [0.25, 0.3) is 0 Å². The number of nitrogens with zero attached hydrogens (tertiary/aromatic N) is 6. The van der Waals surface area contributed by atoms with E-state index in [0.717, 1.165) is 28.0 Å². The predicted molar refractivity (Wildman–Crippen MR) is 101 cm³/mol. The first-order valence-corrected chi connectivity index (χ1v) is 8.15. The zero-order valence-electron chi connectivity index (χ0n) is 14.7. The van der Waals surface area contributed by atoms with Crippen LogP contribution in [0.2, 0.25) is 0 Å². The van der Waals surface area contributed by atoms with Crippen LogP contribution in [0.4, 0.5) is 17.3 Å². The molecular weight excluding hydrogens is 328 g/mol. The monoisotopic (exact) mass is 346 g/mol. The minimum Gasteiger partial charge on any atom is -0.371 e. The van der Waals surface area contributed by atoms with Gasteiger partial charge in [-0.3, -0.25) is 9.97 Å². The van der Waals surface area contributed by atoms with Gasteiger partial charge in [0.2, 0.25) is 0 Å². The summed E-state index contributed by atoms with van der Waals surface area (Å²) in [6.45, 7) is 1.94. The molecule has 0 aliphatic heterocycles. The Kier molecular flexibility index (Phi) is 3.92. The lowest BCUT2D eigenvalue weighted by molar-refractivity contribution is 0.945. The smallest absolute Gasteiger partial charge is 0.154 e. The molecule has 0 bridgehead atoms. The molecule has 4 heterocycles. The Labute approximate surface area is 150 Å². The fourth-order valence-corrected chi connectivity index (χ4v) is 2.81. The molecule has 0 atom stereocenters. The van der Waals surface area contributed by atoms with E-state index < -0.39 is 0 Å². The van der Waals surface area contributed by atoms with Crippen LogP contribution in [0.3, 0.4) is 0 Å². The molecule has 0 saturated carbocycles. The highest BCUT2D eigenvalue weighted by Gasteiger charge is 2.15. The molecule has 130 valence electrons. The lowest BCUT2D eigenvalue weighted by atomic mass is 10.1. The summed E-state index contributed by atoms with van der Waals surface area (Å²) < 4.78 is 1.93. The standard InChI is InChI=1S/C18H18N8/c1-11-6-12(4-5-21-11)24-15-9-22-17(18(19-2)25-15)13-7-20-8-14-16(13)23-10-26(14)3/h4-10H,1-3H3,(H2,19,21,24,25). The van der Waals surface area contributed by atoms with Gasteiger partial charge in [-0.05, 0) is 19.1 Å². The Balaban J connectivity index is 1.76. The van der Waals surface area contributed by atoms with E-state index >= 15 is 0 Å². The van der Waals surface area contributed by atoms with Crippen molar-refractivity contribution in [2.75, 3.05) is 17.7 Å². The molecule has 0 spiro atoms. The number of hydrogen-bond donors (Lipinski definition) is 2. The molecule has 0 saturated heterocycles. The highest BCUT2D eigenvalue weighted by molar-refractivity contribution is 5.93. The molecule has 4 aromatic heterocycles. The van der Waals surface area contributed by atoms with E-state index in [-0.39, 0.29) is 0 Å².